The summed E-state index contributed by atoms with van der Waals surface area (Å²) in [4.78, 5) is 26.4. The summed E-state index contributed by atoms with van der Waals surface area (Å²) in [7, 11) is 0. The maximum Gasteiger partial charge on any atom is 0.254 e. The summed E-state index contributed by atoms with van der Waals surface area (Å²) >= 11 is 0. The quantitative estimate of drug-likeness (QED) is 0.655. The Morgan fingerprint density at radius 1 is 1.03 bits per heavy atom. The molecule has 30 heavy (non-hydrogen) atoms. The Morgan fingerprint density at radius 3 is 2.30 bits per heavy atom. The van der Waals surface area contributed by atoms with Gasteiger partial charge in [-0.2, -0.15) is 0 Å². The maximum absolute atomic E-state index is 12.5. The molecular formula is C23H27N3O4. The van der Waals surface area contributed by atoms with Crippen molar-refractivity contribution in [3.63, 3.8) is 0 Å². The van der Waals surface area contributed by atoms with Crippen molar-refractivity contribution in [2.45, 2.75) is 6.92 Å². The highest BCUT2D eigenvalue weighted by Crippen LogP contribution is 2.16. The van der Waals surface area contributed by atoms with Gasteiger partial charge in [-0.05, 0) is 61.0 Å². The molecule has 2 aromatic carbocycles. The van der Waals surface area contributed by atoms with Gasteiger partial charge < -0.3 is 25.0 Å². The summed E-state index contributed by atoms with van der Waals surface area (Å²) in [5, 5.41) is 5.89. The van der Waals surface area contributed by atoms with E-state index in [-0.39, 0.29) is 18.4 Å². The van der Waals surface area contributed by atoms with E-state index in [0.29, 0.717) is 44.2 Å². The Morgan fingerprint density at radius 2 is 1.67 bits per heavy atom. The molecule has 1 aliphatic rings. The van der Waals surface area contributed by atoms with Gasteiger partial charge in [-0.15, -0.1) is 0 Å². The molecular weight excluding hydrogens is 382 g/mol. The van der Waals surface area contributed by atoms with E-state index >= 15 is 0 Å². The second-order valence-electron chi connectivity index (χ2n) is 7.15. The molecule has 7 nitrogen and oxygen atoms in total. The van der Waals surface area contributed by atoms with Crippen LogP contribution in [0.2, 0.25) is 0 Å². The minimum Gasteiger partial charge on any atom is -0.489 e. The monoisotopic (exact) mass is 409 g/mol. The standard InChI is InChI=1S/C23H27N3O4/c1-17(2)16-30-21-9-7-19(8-10-21)24-15-22(27)25-20-5-3-18(4-6-20)23(28)26-11-13-29-14-12-26/h3-10,24H,1,11-16H2,2H3,(H,25,27). The van der Waals surface area contributed by atoms with E-state index < -0.39 is 0 Å². The molecule has 0 radical (unpaired) electrons. The van der Waals surface area contributed by atoms with Crippen LogP contribution >= 0.6 is 0 Å². The molecule has 0 saturated carbocycles. The van der Waals surface area contributed by atoms with Crippen LogP contribution in [0.4, 0.5) is 11.4 Å². The average Bonchev–Trinajstić information content (AvgIpc) is 2.77. The lowest BCUT2D eigenvalue weighted by atomic mass is 10.1. The SMILES string of the molecule is C=C(C)COc1ccc(NCC(=O)Nc2ccc(C(=O)N3CCOCC3)cc2)cc1. The van der Waals surface area contributed by atoms with Crippen molar-refractivity contribution in [2.24, 2.45) is 0 Å². The third kappa shape index (κ3) is 6.35. The summed E-state index contributed by atoms with van der Waals surface area (Å²) in [5.41, 5.74) is 3.01. The molecule has 2 aromatic rings. The van der Waals surface area contributed by atoms with E-state index in [0.717, 1.165) is 17.0 Å². The Labute approximate surface area is 176 Å². The largest absolute Gasteiger partial charge is 0.489 e. The number of rotatable bonds is 8. The smallest absolute Gasteiger partial charge is 0.254 e. The molecule has 2 N–H and O–H groups in total. The normalized spacial score (nSPS) is 13.4. The first-order chi connectivity index (χ1) is 14.5. The van der Waals surface area contributed by atoms with Crippen LogP contribution in [0, 0.1) is 0 Å². The zero-order chi connectivity index (χ0) is 21.3. The number of nitrogens with zero attached hydrogens (tertiary/aromatic N) is 1. The van der Waals surface area contributed by atoms with Crippen LogP contribution in [0.25, 0.3) is 0 Å². The van der Waals surface area contributed by atoms with Gasteiger partial charge in [0, 0.05) is 30.0 Å². The second kappa shape index (κ2) is 10.5. The number of nitrogens with one attached hydrogen (secondary N) is 2. The predicted molar refractivity (Wildman–Crippen MR) is 117 cm³/mol. The van der Waals surface area contributed by atoms with Crippen LogP contribution < -0.4 is 15.4 Å². The fourth-order valence-corrected chi connectivity index (χ4v) is 2.91. The topological polar surface area (TPSA) is 79.9 Å². The van der Waals surface area contributed by atoms with E-state index in [1.165, 1.54) is 0 Å². The summed E-state index contributed by atoms with van der Waals surface area (Å²) in [6, 6.07) is 14.3. The van der Waals surface area contributed by atoms with Gasteiger partial charge in [-0.25, -0.2) is 0 Å². The second-order valence-corrected chi connectivity index (χ2v) is 7.15. The molecule has 0 spiro atoms. The number of ether oxygens (including phenoxy) is 2. The molecule has 2 amide bonds. The molecule has 0 aromatic heterocycles. The molecule has 1 aliphatic heterocycles. The van der Waals surface area contributed by atoms with Crippen molar-refractivity contribution in [1.29, 1.82) is 0 Å². The molecule has 0 bridgehead atoms. The van der Waals surface area contributed by atoms with Gasteiger partial charge in [-0.3, -0.25) is 9.59 Å². The van der Waals surface area contributed by atoms with Crippen LogP contribution in [0.15, 0.2) is 60.7 Å². The van der Waals surface area contributed by atoms with Crippen LogP contribution in [0.1, 0.15) is 17.3 Å². The van der Waals surface area contributed by atoms with Gasteiger partial charge in [0.05, 0.1) is 19.8 Å². The lowest BCUT2D eigenvalue weighted by Gasteiger charge is -2.26. The van der Waals surface area contributed by atoms with Crippen molar-refractivity contribution in [3.8, 4) is 5.75 Å². The van der Waals surface area contributed by atoms with Gasteiger partial charge >= 0.3 is 0 Å². The van der Waals surface area contributed by atoms with Crippen molar-refractivity contribution >= 4 is 23.2 Å². The lowest BCUT2D eigenvalue weighted by Crippen LogP contribution is -2.40. The predicted octanol–water partition coefficient (Wildman–Crippen LogP) is 3.16. The van der Waals surface area contributed by atoms with E-state index in [1.807, 2.05) is 31.2 Å². The minimum absolute atomic E-state index is 0.0199. The van der Waals surface area contributed by atoms with E-state index in [4.69, 9.17) is 9.47 Å². The number of amides is 2. The molecule has 1 saturated heterocycles. The molecule has 0 atom stereocenters. The first kappa shape index (κ1) is 21.4. The van der Waals surface area contributed by atoms with E-state index in [9.17, 15) is 9.59 Å². The third-order valence-corrected chi connectivity index (χ3v) is 4.51. The van der Waals surface area contributed by atoms with Crippen LogP contribution in [0.3, 0.4) is 0 Å². The number of morpholine rings is 1. The molecule has 0 unspecified atom stereocenters. The number of anilines is 2. The third-order valence-electron chi connectivity index (χ3n) is 4.51. The van der Waals surface area contributed by atoms with Crippen molar-refractivity contribution in [2.75, 3.05) is 50.1 Å². The Bertz CT molecular complexity index is 872. The zero-order valence-electron chi connectivity index (χ0n) is 17.1. The van der Waals surface area contributed by atoms with Gasteiger partial charge in [-0.1, -0.05) is 6.58 Å². The van der Waals surface area contributed by atoms with E-state index in [2.05, 4.69) is 17.2 Å². The van der Waals surface area contributed by atoms with Gasteiger partial charge in [0.1, 0.15) is 12.4 Å². The van der Waals surface area contributed by atoms with Crippen LogP contribution in [-0.4, -0.2) is 56.2 Å². The number of hydrogen-bond acceptors (Lipinski definition) is 5. The summed E-state index contributed by atoms with van der Waals surface area (Å²) in [6.45, 7) is 8.65. The molecule has 158 valence electrons. The Kier molecular flexibility index (Phi) is 7.45. The number of carbonyl (C=O) groups excluding carboxylic acids is 2. The van der Waals surface area contributed by atoms with Gasteiger partial charge in [0.15, 0.2) is 0 Å². The summed E-state index contributed by atoms with van der Waals surface area (Å²) < 4.78 is 10.8. The average molecular weight is 409 g/mol. The van der Waals surface area contributed by atoms with Gasteiger partial charge in [0.25, 0.3) is 5.91 Å². The highest BCUT2D eigenvalue weighted by atomic mass is 16.5. The first-order valence-corrected chi connectivity index (χ1v) is 9.89. The van der Waals surface area contributed by atoms with Crippen molar-refractivity contribution in [1.82, 2.24) is 4.90 Å². The molecule has 0 aliphatic carbocycles. The number of hydrogen-bond donors (Lipinski definition) is 2. The van der Waals surface area contributed by atoms with Gasteiger partial charge in [0.2, 0.25) is 5.91 Å². The zero-order valence-corrected chi connectivity index (χ0v) is 17.1. The lowest BCUT2D eigenvalue weighted by molar-refractivity contribution is -0.114. The van der Waals surface area contributed by atoms with Crippen molar-refractivity contribution in [3.05, 3.63) is 66.2 Å². The molecule has 1 heterocycles. The Hall–Kier alpha value is -3.32. The summed E-state index contributed by atoms with van der Waals surface area (Å²) in [5.74, 6) is 0.554. The number of carbonyl (C=O) groups is 2. The first-order valence-electron chi connectivity index (χ1n) is 9.89. The van der Waals surface area contributed by atoms with Crippen LogP contribution in [0.5, 0.6) is 5.75 Å². The highest BCUT2D eigenvalue weighted by molar-refractivity contribution is 5.96. The van der Waals surface area contributed by atoms with E-state index in [1.54, 1.807) is 29.2 Å². The minimum atomic E-state index is -0.176. The molecule has 3 rings (SSSR count). The highest BCUT2D eigenvalue weighted by Gasteiger charge is 2.18. The fraction of sp³-hybridized carbons (Fsp3) is 0.304. The molecule has 7 heteroatoms. The summed E-state index contributed by atoms with van der Waals surface area (Å²) in [6.07, 6.45) is 0. The fourth-order valence-electron chi connectivity index (χ4n) is 2.91. The number of benzene rings is 2. The van der Waals surface area contributed by atoms with Crippen LogP contribution in [-0.2, 0) is 9.53 Å². The maximum atomic E-state index is 12.5. The van der Waals surface area contributed by atoms with Crippen molar-refractivity contribution < 1.29 is 19.1 Å². The Balaban J connectivity index is 1.45. The molecule has 1 fully saturated rings.